The van der Waals surface area contributed by atoms with Crippen LogP contribution in [-0.4, -0.2) is 9.55 Å². The first-order chi connectivity index (χ1) is 10.1. The van der Waals surface area contributed by atoms with E-state index >= 15 is 0 Å². The number of nitrogens with zero attached hydrogens (tertiary/aromatic N) is 3. The lowest BCUT2D eigenvalue weighted by Crippen LogP contribution is -1.98. The standard InChI is InChI=1S/C16H11BrFN3/c1-2-21-15-6-3-10(9-19)7-14(15)20-16(21)12-5-4-11(18)8-13(12)17/h3-8H,2H2,1H3. The Bertz CT molecular complexity index is 877. The fourth-order valence-corrected chi connectivity index (χ4v) is 2.92. The molecule has 21 heavy (non-hydrogen) atoms. The summed E-state index contributed by atoms with van der Waals surface area (Å²) in [6, 6.07) is 12.1. The Morgan fingerprint density at radius 2 is 2.10 bits per heavy atom. The van der Waals surface area contributed by atoms with Crippen molar-refractivity contribution in [3.8, 4) is 17.5 Å². The van der Waals surface area contributed by atoms with Gasteiger partial charge in [0.05, 0.1) is 22.7 Å². The van der Waals surface area contributed by atoms with Crippen LogP contribution in [-0.2, 0) is 6.54 Å². The Balaban J connectivity index is 2.29. The lowest BCUT2D eigenvalue weighted by Gasteiger charge is -2.08. The van der Waals surface area contributed by atoms with E-state index in [1.165, 1.54) is 12.1 Å². The van der Waals surface area contributed by atoms with Crippen molar-refractivity contribution in [2.24, 2.45) is 0 Å². The van der Waals surface area contributed by atoms with Gasteiger partial charge in [-0.05, 0) is 59.3 Å². The van der Waals surface area contributed by atoms with E-state index in [0.717, 1.165) is 29.0 Å². The highest BCUT2D eigenvalue weighted by Gasteiger charge is 2.14. The molecular formula is C16H11BrFN3. The van der Waals surface area contributed by atoms with Gasteiger partial charge in [-0.15, -0.1) is 0 Å². The highest BCUT2D eigenvalue weighted by atomic mass is 79.9. The summed E-state index contributed by atoms with van der Waals surface area (Å²) in [7, 11) is 0. The van der Waals surface area contributed by atoms with Crippen LogP contribution >= 0.6 is 15.9 Å². The van der Waals surface area contributed by atoms with E-state index < -0.39 is 0 Å². The molecule has 0 aliphatic heterocycles. The predicted octanol–water partition coefficient (Wildman–Crippen LogP) is 4.50. The zero-order chi connectivity index (χ0) is 15.0. The van der Waals surface area contributed by atoms with Crippen molar-refractivity contribution in [2.75, 3.05) is 0 Å². The molecule has 3 rings (SSSR count). The minimum atomic E-state index is -0.295. The maximum absolute atomic E-state index is 13.3. The van der Waals surface area contributed by atoms with Gasteiger partial charge in [0, 0.05) is 16.6 Å². The molecule has 3 aromatic rings. The van der Waals surface area contributed by atoms with Crippen molar-refractivity contribution in [3.05, 3.63) is 52.3 Å². The molecule has 0 aliphatic carbocycles. The molecule has 1 heterocycles. The number of aryl methyl sites for hydroxylation is 1. The van der Waals surface area contributed by atoms with Crippen molar-refractivity contribution in [2.45, 2.75) is 13.5 Å². The van der Waals surface area contributed by atoms with Gasteiger partial charge in [0.25, 0.3) is 0 Å². The number of fused-ring (bicyclic) bond motifs is 1. The number of imidazole rings is 1. The van der Waals surface area contributed by atoms with Crippen LogP contribution in [0.3, 0.4) is 0 Å². The van der Waals surface area contributed by atoms with E-state index in [2.05, 4.69) is 31.6 Å². The van der Waals surface area contributed by atoms with Gasteiger partial charge >= 0.3 is 0 Å². The second kappa shape index (κ2) is 5.30. The second-order valence-corrected chi connectivity index (χ2v) is 5.47. The van der Waals surface area contributed by atoms with Gasteiger partial charge in [-0.3, -0.25) is 0 Å². The zero-order valence-corrected chi connectivity index (χ0v) is 12.9. The topological polar surface area (TPSA) is 41.6 Å². The predicted molar refractivity (Wildman–Crippen MR) is 83.2 cm³/mol. The van der Waals surface area contributed by atoms with E-state index in [1.54, 1.807) is 18.2 Å². The van der Waals surface area contributed by atoms with Crippen LogP contribution in [0.2, 0.25) is 0 Å². The highest BCUT2D eigenvalue weighted by Crippen LogP contribution is 2.31. The van der Waals surface area contributed by atoms with Crippen LogP contribution < -0.4 is 0 Å². The molecule has 0 fully saturated rings. The Morgan fingerprint density at radius 3 is 2.76 bits per heavy atom. The summed E-state index contributed by atoms with van der Waals surface area (Å²) >= 11 is 3.39. The Kier molecular flexibility index (Phi) is 3.48. The third kappa shape index (κ3) is 2.32. The first kappa shape index (κ1) is 13.8. The van der Waals surface area contributed by atoms with Gasteiger partial charge < -0.3 is 4.57 Å². The molecule has 2 aromatic carbocycles. The molecule has 0 aliphatic rings. The van der Waals surface area contributed by atoms with E-state index in [4.69, 9.17) is 5.26 Å². The van der Waals surface area contributed by atoms with Crippen molar-refractivity contribution in [1.29, 1.82) is 5.26 Å². The second-order valence-electron chi connectivity index (χ2n) is 4.62. The van der Waals surface area contributed by atoms with Crippen LogP contribution in [0.1, 0.15) is 12.5 Å². The van der Waals surface area contributed by atoms with Crippen LogP contribution in [0.15, 0.2) is 40.9 Å². The van der Waals surface area contributed by atoms with Gasteiger partial charge in [0.15, 0.2) is 0 Å². The minimum absolute atomic E-state index is 0.295. The van der Waals surface area contributed by atoms with Crippen molar-refractivity contribution in [1.82, 2.24) is 9.55 Å². The summed E-state index contributed by atoms with van der Waals surface area (Å²) in [5.41, 5.74) is 3.13. The molecule has 0 unspecified atom stereocenters. The normalized spacial score (nSPS) is 10.8. The summed E-state index contributed by atoms with van der Waals surface area (Å²) in [5, 5.41) is 8.99. The lowest BCUT2D eigenvalue weighted by molar-refractivity contribution is 0.627. The monoisotopic (exact) mass is 343 g/mol. The van der Waals surface area contributed by atoms with E-state index in [1.807, 2.05) is 13.0 Å². The number of halogens is 2. The molecule has 0 N–H and O–H groups in total. The molecule has 0 saturated heterocycles. The highest BCUT2D eigenvalue weighted by molar-refractivity contribution is 9.10. The largest absolute Gasteiger partial charge is 0.324 e. The Morgan fingerprint density at radius 1 is 1.29 bits per heavy atom. The van der Waals surface area contributed by atoms with Crippen LogP contribution in [0, 0.1) is 17.1 Å². The van der Waals surface area contributed by atoms with Gasteiger partial charge in [-0.2, -0.15) is 5.26 Å². The van der Waals surface area contributed by atoms with E-state index in [0.29, 0.717) is 10.0 Å². The minimum Gasteiger partial charge on any atom is -0.324 e. The number of benzene rings is 2. The third-order valence-electron chi connectivity index (χ3n) is 3.37. The summed E-state index contributed by atoms with van der Waals surface area (Å²) in [6.45, 7) is 2.77. The summed E-state index contributed by atoms with van der Waals surface area (Å²) in [5.74, 6) is 0.464. The van der Waals surface area contributed by atoms with Gasteiger partial charge in [-0.25, -0.2) is 9.37 Å². The maximum Gasteiger partial charge on any atom is 0.142 e. The van der Waals surface area contributed by atoms with Crippen molar-refractivity contribution in [3.63, 3.8) is 0 Å². The van der Waals surface area contributed by atoms with E-state index in [-0.39, 0.29) is 5.82 Å². The Labute approximate surface area is 129 Å². The number of nitriles is 1. The van der Waals surface area contributed by atoms with Crippen LogP contribution in [0.25, 0.3) is 22.4 Å². The summed E-state index contributed by atoms with van der Waals surface area (Å²) in [6.07, 6.45) is 0. The SMILES string of the molecule is CCn1c(-c2ccc(F)cc2Br)nc2cc(C#N)ccc21. The molecule has 0 bridgehead atoms. The molecule has 3 nitrogen and oxygen atoms in total. The first-order valence-corrected chi connectivity index (χ1v) is 7.29. The quantitative estimate of drug-likeness (QED) is 0.687. The van der Waals surface area contributed by atoms with Crippen LogP contribution in [0.4, 0.5) is 4.39 Å². The van der Waals surface area contributed by atoms with E-state index in [9.17, 15) is 4.39 Å². The van der Waals surface area contributed by atoms with Crippen molar-refractivity contribution >= 4 is 27.0 Å². The van der Waals surface area contributed by atoms with Crippen LogP contribution in [0.5, 0.6) is 0 Å². The molecule has 0 atom stereocenters. The van der Waals surface area contributed by atoms with Gasteiger partial charge in [0.2, 0.25) is 0 Å². The number of hydrogen-bond donors (Lipinski definition) is 0. The lowest BCUT2D eigenvalue weighted by atomic mass is 10.2. The van der Waals surface area contributed by atoms with Gasteiger partial charge in [-0.1, -0.05) is 0 Å². The fraction of sp³-hybridized carbons (Fsp3) is 0.125. The molecule has 0 amide bonds. The van der Waals surface area contributed by atoms with Crippen molar-refractivity contribution < 1.29 is 4.39 Å². The summed E-state index contributed by atoms with van der Waals surface area (Å²) < 4.78 is 16.0. The average molecular weight is 344 g/mol. The maximum atomic E-state index is 13.3. The molecule has 0 radical (unpaired) electrons. The molecule has 0 saturated carbocycles. The number of rotatable bonds is 2. The molecule has 5 heteroatoms. The molecule has 0 spiro atoms. The summed E-state index contributed by atoms with van der Waals surface area (Å²) in [4.78, 5) is 4.61. The van der Waals surface area contributed by atoms with Gasteiger partial charge in [0.1, 0.15) is 11.6 Å². The molecule has 104 valence electrons. The molecular weight excluding hydrogens is 333 g/mol. The first-order valence-electron chi connectivity index (χ1n) is 6.50. The smallest absolute Gasteiger partial charge is 0.142 e. The number of hydrogen-bond acceptors (Lipinski definition) is 2. The molecule has 1 aromatic heterocycles. The average Bonchev–Trinajstić information content (AvgIpc) is 2.84. The third-order valence-corrected chi connectivity index (χ3v) is 4.02. The number of aromatic nitrogens is 2. The fourth-order valence-electron chi connectivity index (χ4n) is 2.40. The zero-order valence-electron chi connectivity index (χ0n) is 11.3. The Hall–Kier alpha value is -2.19.